The SMILES string of the molecule is CC(CN1CCN(CC(=O)c2nn(C)cc2Cl)CC1)c1ccc(F)cc1. The second-order valence-electron chi connectivity index (χ2n) is 6.95. The zero-order chi connectivity index (χ0) is 18.7. The van der Waals surface area contributed by atoms with Crippen molar-refractivity contribution in [3.63, 3.8) is 0 Å². The Morgan fingerprint density at radius 3 is 2.38 bits per heavy atom. The van der Waals surface area contributed by atoms with Gasteiger partial charge in [0, 0.05) is 46.0 Å². The van der Waals surface area contributed by atoms with Gasteiger partial charge in [0.25, 0.3) is 0 Å². The quantitative estimate of drug-likeness (QED) is 0.725. The maximum absolute atomic E-state index is 13.0. The van der Waals surface area contributed by atoms with Gasteiger partial charge in [0.2, 0.25) is 0 Å². The second-order valence-corrected chi connectivity index (χ2v) is 7.36. The number of carbonyl (C=O) groups is 1. The van der Waals surface area contributed by atoms with Crippen LogP contribution in [0.2, 0.25) is 5.02 Å². The molecule has 3 rings (SSSR count). The van der Waals surface area contributed by atoms with Crippen molar-refractivity contribution in [3.8, 4) is 0 Å². The molecule has 0 radical (unpaired) electrons. The van der Waals surface area contributed by atoms with Gasteiger partial charge in [-0.05, 0) is 23.6 Å². The van der Waals surface area contributed by atoms with Crippen LogP contribution < -0.4 is 0 Å². The van der Waals surface area contributed by atoms with Crippen LogP contribution in [0.4, 0.5) is 4.39 Å². The molecule has 1 atom stereocenters. The van der Waals surface area contributed by atoms with E-state index in [0.717, 1.165) is 38.3 Å². The van der Waals surface area contributed by atoms with Crippen molar-refractivity contribution in [1.29, 1.82) is 0 Å². The van der Waals surface area contributed by atoms with Crippen LogP contribution in [0, 0.1) is 5.82 Å². The fraction of sp³-hybridized carbons (Fsp3) is 0.474. The first-order valence-electron chi connectivity index (χ1n) is 8.85. The molecule has 0 aliphatic carbocycles. The van der Waals surface area contributed by atoms with Gasteiger partial charge in [-0.15, -0.1) is 0 Å². The van der Waals surface area contributed by atoms with E-state index in [1.807, 2.05) is 12.1 Å². The van der Waals surface area contributed by atoms with Crippen molar-refractivity contribution in [3.05, 3.63) is 52.6 Å². The fourth-order valence-electron chi connectivity index (χ4n) is 3.34. The summed E-state index contributed by atoms with van der Waals surface area (Å²) in [5, 5.41) is 4.55. The third kappa shape index (κ3) is 4.69. The topological polar surface area (TPSA) is 41.4 Å². The van der Waals surface area contributed by atoms with Crippen LogP contribution >= 0.6 is 11.6 Å². The maximum Gasteiger partial charge on any atom is 0.198 e. The van der Waals surface area contributed by atoms with Crippen molar-refractivity contribution in [1.82, 2.24) is 19.6 Å². The Kier molecular flexibility index (Phi) is 6.06. The van der Waals surface area contributed by atoms with Crippen molar-refractivity contribution in [2.45, 2.75) is 12.8 Å². The Hall–Kier alpha value is -1.76. The molecular formula is C19H24ClFN4O. The Morgan fingerprint density at radius 2 is 1.81 bits per heavy atom. The van der Waals surface area contributed by atoms with E-state index in [9.17, 15) is 9.18 Å². The summed E-state index contributed by atoms with van der Waals surface area (Å²) in [4.78, 5) is 16.9. The number of rotatable bonds is 6. The highest BCUT2D eigenvalue weighted by atomic mass is 35.5. The first kappa shape index (κ1) is 19.0. The maximum atomic E-state index is 13.0. The molecule has 1 aliphatic heterocycles. The molecule has 7 heteroatoms. The molecule has 26 heavy (non-hydrogen) atoms. The number of Topliss-reactive ketones (excluding diaryl/α,β-unsaturated/α-hetero) is 1. The van der Waals surface area contributed by atoms with Crippen LogP contribution in [0.1, 0.15) is 28.9 Å². The molecule has 1 aliphatic rings. The standard InChI is InChI=1S/C19H24ClFN4O/c1-14(15-3-5-16(21)6-4-15)11-24-7-9-25(10-8-24)13-18(26)19-17(20)12-23(2)22-19/h3-6,12,14H,7-11,13H2,1-2H3. The number of ketones is 1. The van der Waals surface area contributed by atoms with Crippen LogP contribution in [0.5, 0.6) is 0 Å². The van der Waals surface area contributed by atoms with Gasteiger partial charge in [-0.2, -0.15) is 5.10 Å². The summed E-state index contributed by atoms with van der Waals surface area (Å²) in [6.45, 7) is 6.94. The lowest BCUT2D eigenvalue weighted by Gasteiger charge is -2.35. The average molecular weight is 379 g/mol. The van der Waals surface area contributed by atoms with Crippen molar-refractivity contribution in [2.75, 3.05) is 39.3 Å². The average Bonchev–Trinajstić information content (AvgIpc) is 2.95. The Bertz CT molecular complexity index is 753. The minimum atomic E-state index is -0.202. The molecule has 1 fully saturated rings. The Balaban J connectivity index is 1.47. The van der Waals surface area contributed by atoms with E-state index in [4.69, 9.17) is 11.6 Å². The van der Waals surface area contributed by atoms with E-state index >= 15 is 0 Å². The summed E-state index contributed by atoms with van der Waals surface area (Å²) in [7, 11) is 1.75. The zero-order valence-electron chi connectivity index (χ0n) is 15.2. The number of hydrogen-bond donors (Lipinski definition) is 0. The first-order valence-corrected chi connectivity index (χ1v) is 9.22. The molecule has 1 saturated heterocycles. The van der Waals surface area contributed by atoms with Crippen molar-refractivity contribution in [2.24, 2.45) is 7.05 Å². The fourth-order valence-corrected chi connectivity index (χ4v) is 3.62. The summed E-state index contributed by atoms with van der Waals surface area (Å²) in [5.41, 5.74) is 1.50. The van der Waals surface area contributed by atoms with Crippen LogP contribution in [-0.4, -0.2) is 64.6 Å². The predicted molar refractivity (Wildman–Crippen MR) is 100 cm³/mol. The first-order chi connectivity index (χ1) is 12.4. The molecule has 0 saturated carbocycles. The van der Waals surface area contributed by atoms with E-state index < -0.39 is 0 Å². The summed E-state index contributed by atoms with van der Waals surface area (Å²) in [6.07, 6.45) is 1.64. The monoisotopic (exact) mass is 378 g/mol. The molecule has 1 unspecified atom stereocenters. The van der Waals surface area contributed by atoms with Gasteiger partial charge in [0.05, 0.1) is 11.6 Å². The zero-order valence-corrected chi connectivity index (χ0v) is 15.9. The van der Waals surface area contributed by atoms with Gasteiger partial charge in [0.15, 0.2) is 5.78 Å². The Labute approximate surface area is 158 Å². The number of nitrogens with zero attached hydrogens (tertiary/aromatic N) is 4. The molecule has 2 aromatic rings. The van der Waals surface area contributed by atoms with E-state index in [2.05, 4.69) is 21.8 Å². The van der Waals surface area contributed by atoms with E-state index in [-0.39, 0.29) is 11.6 Å². The van der Waals surface area contributed by atoms with Gasteiger partial charge in [0.1, 0.15) is 11.5 Å². The van der Waals surface area contributed by atoms with Crippen LogP contribution in [-0.2, 0) is 7.05 Å². The Morgan fingerprint density at radius 1 is 1.19 bits per heavy atom. The van der Waals surface area contributed by atoms with E-state index in [1.165, 1.54) is 12.1 Å². The van der Waals surface area contributed by atoms with Crippen molar-refractivity contribution < 1.29 is 9.18 Å². The minimum Gasteiger partial charge on any atom is -0.300 e. The molecule has 1 aromatic carbocycles. The summed E-state index contributed by atoms with van der Waals surface area (Å²) < 4.78 is 14.6. The molecule has 0 amide bonds. The lowest BCUT2D eigenvalue weighted by Crippen LogP contribution is -2.48. The van der Waals surface area contributed by atoms with Gasteiger partial charge in [-0.1, -0.05) is 30.7 Å². The third-order valence-electron chi connectivity index (χ3n) is 4.85. The second kappa shape index (κ2) is 8.29. The summed E-state index contributed by atoms with van der Waals surface area (Å²) >= 11 is 6.05. The molecular weight excluding hydrogens is 355 g/mol. The molecule has 5 nitrogen and oxygen atoms in total. The number of benzene rings is 1. The van der Waals surface area contributed by atoms with E-state index in [0.29, 0.717) is 23.2 Å². The van der Waals surface area contributed by atoms with Gasteiger partial charge < -0.3 is 4.90 Å². The number of carbonyl (C=O) groups excluding carboxylic acids is 1. The van der Waals surface area contributed by atoms with Crippen molar-refractivity contribution >= 4 is 17.4 Å². The normalized spacial score (nSPS) is 17.4. The molecule has 2 heterocycles. The number of piperazine rings is 1. The van der Waals surface area contributed by atoms with Crippen LogP contribution in [0.3, 0.4) is 0 Å². The molecule has 0 N–H and O–H groups in total. The minimum absolute atomic E-state index is 0.0382. The van der Waals surface area contributed by atoms with Gasteiger partial charge in [-0.25, -0.2) is 4.39 Å². The highest BCUT2D eigenvalue weighted by Crippen LogP contribution is 2.18. The van der Waals surface area contributed by atoms with Crippen LogP contribution in [0.25, 0.3) is 0 Å². The lowest BCUT2D eigenvalue weighted by molar-refractivity contribution is 0.0841. The number of halogens is 2. The van der Waals surface area contributed by atoms with Gasteiger partial charge in [-0.3, -0.25) is 14.4 Å². The van der Waals surface area contributed by atoms with Gasteiger partial charge >= 0.3 is 0 Å². The number of aryl methyl sites for hydroxylation is 1. The molecule has 1 aromatic heterocycles. The third-order valence-corrected chi connectivity index (χ3v) is 5.13. The summed E-state index contributed by atoms with van der Waals surface area (Å²) in [5.74, 6) is 0.104. The summed E-state index contributed by atoms with van der Waals surface area (Å²) in [6, 6.07) is 6.73. The molecule has 0 bridgehead atoms. The van der Waals surface area contributed by atoms with Crippen LogP contribution in [0.15, 0.2) is 30.5 Å². The predicted octanol–water partition coefficient (Wildman–Crippen LogP) is 2.82. The molecule has 140 valence electrons. The number of hydrogen-bond acceptors (Lipinski definition) is 4. The highest BCUT2D eigenvalue weighted by molar-refractivity contribution is 6.33. The lowest BCUT2D eigenvalue weighted by atomic mass is 10.0. The number of aromatic nitrogens is 2. The molecule has 0 spiro atoms. The largest absolute Gasteiger partial charge is 0.300 e. The van der Waals surface area contributed by atoms with E-state index in [1.54, 1.807) is 17.9 Å². The highest BCUT2D eigenvalue weighted by Gasteiger charge is 2.23. The smallest absolute Gasteiger partial charge is 0.198 e.